The molecule has 0 aliphatic heterocycles. The third-order valence-corrected chi connectivity index (χ3v) is 2.69. The molecule has 0 aliphatic rings. The zero-order valence-corrected chi connectivity index (χ0v) is 8.61. The molecule has 3 nitrogen and oxygen atoms in total. The van der Waals surface area contributed by atoms with Gasteiger partial charge in [0.1, 0.15) is 6.07 Å². The van der Waals surface area contributed by atoms with Gasteiger partial charge in [-0.3, -0.25) is 0 Å². The first-order valence-electron chi connectivity index (χ1n) is 4.32. The lowest BCUT2D eigenvalue weighted by atomic mass is 10.2. The first kappa shape index (κ1) is 9.56. The van der Waals surface area contributed by atoms with Crippen LogP contribution in [0.1, 0.15) is 16.0 Å². The summed E-state index contributed by atoms with van der Waals surface area (Å²) in [6.45, 7) is 0. The second-order valence-electron chi connectivity index (χ2n) is 2.86. The molecule has 15 heavy (non-hydrogen) atoms. The fourth-order valence-electron chi connectivity index (χ4n) is 1.08. The van der Waals surface area contributed by atoms with E-state index in [1.54, 1.807) is 23.7 Å². The summed E-state index contributed by atoms with van der Waals surface area (Å²) < 4.78 is 0. The van der Waals surface area contributed by atoms with Crippen molar-refractivity contribution in [1.82, 2.24) is 10.2 Å². The van der Waals surface area contributed by atoms with Gasteiger partial charge in [-0.25, -0.2) is 0 Å². The Morgan fingerprint density at radius 2 is 2.27 bits per heavy atom. The largest absolute Gasteiger partial charge is 0.192 e. The van der Waals surface area contributed by atoms with E-state index in [2.05, 4.69) is 16.3 Å². The lowest BCUT2D eigenvalue weighted by Gasteiger charge is -1.88. The molecule has 0 fully saturated rings. The van der Waals surface area contributed by atoms with Crippen LogP contribution in [0.3, 0.4) is 0 Å². The third kappa shape index (κ3) is 2.48. The van der Waals surface area contributed by atoms with Gasteiger partial charge in [0.15, 0.2) is 0 Å². The number of nitrogens with zero attached hydrogens (tertiary/aromatic N) is 3. The summed E-state index contributed by atoms with van der Waals surface area (Å²) in [5.74, 6) is 0. The average Bonchev–Trinajstić information content (AvgIpc) is 2.76. The molecule has 0 unspecified atom stereocenters. The van der Waals surface area contributed by atoms with Crippen LogP contribution in [0.25, 0.3) is 12.2 Å². The predicted molar refractivity (Wildman–Crippen MR) is 60.0 cm³/mol. The van der Waals surface area contributed by atoms with Crippen LogP contribution in [0, 0.1) is 11.3 Å². The summed E-state index contributed by atoms with van der Waals surface area (Å²) in [4.78, 5) is 1.06. The molecule has 0 spiro atoms. The number of nitriles is 1. The average molecular weight is 213 g/mol. The van der Waals surface area contributed by atoms with Gasteiger partial charge in [-0.05, 0) is 23.8 Å². The normalized spacial score (nSPS) is 10.3. The van der Waals surface area contributed by atoms with Gasteiger partial charge < -0.3 is 0 Å². The maximum atomic E-state index is 8.65. The quantitative estimate of drug-likeness (QED) is 0.770. The second-order valence-corrected chi connectivity index (χ2v) is 3.80. The van der Waals surface area contributed by atoms with Crippen LogP contribution in [-0.4, -0.2) is 10.2 Å². The maximum Gasteiger partial charge on any atom is 0.100 e. The summed E-state index contributed by atoms with van der Waals surface area (Å²) in [6.07, 6.45) is 7.24. The Morgan fingerprint density at radius 3 is 2.93 bits per heavy atom. The Hall–Kier alpha value is -1.99. The predicted octanol–water partition coefficient (Wildman–Crippen LogP) is 2.58. The van der Waals surface area contributed by atoms with E-state index < -0.39 is 0 Å². The zero-order chi connectivity index (χ0) is 10.5. The molecule has 0 bridgehead atoms. The molecular weight excluding hydrogens is 206 g/mol. The van der Waals surface area contributed by atoms with Crippen LogP contribution in [0.5, 0.6) is 0 Å². The molecule has 0 amide bonds. The topological polar surface area (TPSA) is 49.6 Å². The van der Waals surface area contributed by atoms with E-state index in [0.29, 0.717) is 5.56 Å². The highest BCUT2D eigenvalue weighted by Crippen LogP contribution is 2.16. The van der Waals surface area contributed by atoms with Crippen LogP contribution in [0.2, 0.25) is 0 Å². The Bertz CT molecular complexity index is 508. The summed E-state index contributed by atoms with van der Waals surface area (Å²) in [5.41, 5.74) is 1.70. The van der Waals surface area contributed by atoms with Gasteiger partial charge in [0.2, 0.25) is 0 Å². The molecule has 0 radical (unpaired) electrons. The highest BCUT2D eigenvalue weighted by molar-refractivity contribution is 7.11. The maximum absolute atomic E-state index is 8.65. The van der Waals surface area contributed by atoms with Gasteiger partial charge in [-0.2, -0.15) is 15.5 Å². The van der Waals surface area contributed by atoms with Crippen molar-refractivity contribution in [2.75, 3.05) is 0 Å². The van der Waals surface area contributed by atoms with Gasteiger partial charge in [-0.15, -0.1) is 11.3 Å². The lowest BCUT2D eigenvalue weighted by Crippen LogP contribution is -1.78. The van der Waals surface area contributed by atoms with Crippen molar-refractivity contribution in [2.24, 2.45) is 0 Å². The van der Waals surface area contributed by atoms with Gasteiger partial charge in [-0.1, -0.05) is 6.08 Å². The molecule has 0 atom stereocenters. The minimum Gasteiger partial charge on any atom is -0.192 e. The molecule has 0 N–H and O–H groups in total. The molecule has 2 rings (SSSR count). The number of aromatic nitrogens is 2. The third-order valence-electron chi connectivity index (χ3n) is 1.80. The van der Waals surface area contributed by atoms with E-state index >= 15 is 0 Å². The Balaban J connectivity index is 2.16. The van der Waals surface area contributed by atoms with Gasteiger partial charge in [0.25, 0.3) is 0 Å². The number of hydrogen-bond donors (Lipinski definition) is 0. The van der Waals surface area contributed by atoms with Crippen LogP contribution in [-0.2, 0) is 0 Å². The Morgan fingerprint density at radius 1 is 1.33 bits per heavy atom. The minimum atomic E-state index is 0.701. The number of hydrogen-bond acceptors (Lipinski definition) is 4. The number of thiophene rings is 1. The molecule has 2 aromatic heterocycles. The standard InChI is InChI=1S/C11H7N3S/c12-6-10-5-11(15-8-10)2-1-9-3-4-13-14-7-9/h1-5,7-8H. The van der Waals surface area contributed by atoms with Crippen molar-refractivity contribution in [3.8, 4) is 6.07 Å². The molecule has 0 aromatic carbocycles. The molecular formula is C11H7N3S. The summed E-state index contributed by atoms with van der Waals surface area (Å²) >= 11 is 1.55. The van der Waals surface area contributed by atoms with E-state index in [9.17, 15) is 0 Å². The van der Waals surface area contributed by atoms with Gasteiger partial charge in [0.05, 0.1) is 18.0 Å². The summed E-state index contributed by atoms with van der Waals surface area (Å²) in [6, 6.07) is 5.83. The van der Waals surface area contributed by atoms with E-state index in [4.69, 9.17) is 5.26 Å². The second kappa shape index (κ2) is 4.49. The van der Waals surface area contributed by atoms with Gasteiger partial charge in [0, 0.05) is 10.3 Å². The van der Waals surface area contributed by atoms with Crippen molar-refractivity contribution >= 4 is 23.5 Å². The monoisotopic (exact) mass is 213 g/mol. The summed E-state index contributed by atoms with van der Waals surface area (Å²) in [5, 5.41) is 17.9. The lowest BCUT2D eigenvalue weighted by molar-refractivity contribution is 1.03. The smallest absolute Gasteiger partial charge is 0.100 e. The molecule has 2 heterocycles. The van der Waals surface area contributed by atoms with Crippen LogP contribution in [0.4, 0.5) is 0 Å². The van der Waals surface area contributed by atoms with Crippen LogP contribution >= 0.6 is 11.3 Å². The van der Waals surface area contributed by atoms with Crippen molar-refractivity contribution in [3.63, 3.8) is 0 Å². The van der Waals surface area contributed by atoms with Crippen molar-refractivity contribution in [3.05, 3.63) is 45.9 Å². The van der Waals surface area contributed by atoms with Crippen LogP contribution in [0.15, 0.2) is 29.9 Å². The highest BCUT2D eigenvalue weighted by Gasteiger charge is 1.94. The fourth-order valence-corrected chi connectivity index (χ4v) is 1.80. The van der Waals surface area contributed by atoms with Crippen molar-refractivity contribution in [2.45, 2.75) is 0 Å². The van der Waals surface area contributed by atoms with Gasteiger partial charge >= 0.3 is 0 Å². The Kier molecular flexibility index (Phi) is 2.86. The molecule has 0 saturated heterocycles. The zero-order valence-electron chi connectivity index (χ0n) is 7.79. The van der Waals surface area contributed by atoms with Crippen molar-refractivity contribution in [1.29, 1.82) is 5.26 Å². The van der Waals surface area contributed by atoms with E-state index in [0.717, 1.165) is 10.4 Å². The van der Waals surface area contributed by atoms with Crippen molar-refractivity contribution < 1.29 is 0 Å². The van der Waals surface area contributed by atoms with E-state index in [-0.39, 0.29) is 0 Å². The first-order valence-corrected chi connectivity index (χ1v) is 5.20. The van der Waals surface area contributed by atoms with Crippen LogP contribution < -0.4 is 0 Å². The SMILES string of the molecule is N#Cc1csc(C=Cc2ccnnc2)c1. The fraction of sp³-hybridized carbons (Fsp3) is 0. The molecule has 4 heteroatoms. The minimum absolute atomic E-state index is 0.701. The molecule has 0 saturated carbocycles. The highest BCUT2D eigenvalue weighted by atomic mass is 32.1. The van der Waals surface area contributed by atoms with E-state index in [1.807, 2.05) is 29.7 Å². The molecule has 2 aromatic rings. The molecule has 72 valence electrons. The van der Waals surface area contributed by atoms with E-state index in [1.165, 1.54) is 0 Å². The number of rotatable bonds is 2. The first-order chi connectivity index (χ1) is 7.38. The molecule has 0 aliphatic carbocycles. The Labute approximate surface area is 91.3 Å². The summed E-state index contributed by atoms with van der Waals surface area (Å²) in [7, 11) is 0.